The van der Waals surface area contributed by atoms with Gasteiger partial charge in [0, 0.05) is 6.07 Å². The molecule has 0 aliphatic heterocycles. The van der Waals surface area contributed by atoms with Crippen molar-refractivity contribution in [2.75, 3.05) is 5.34 Å². The second kappa shape index (κ2) is 4.23. The number of benzene rings is 1. The Morgan fingerprint density at radius 3 is 2.12 bits per heavy atom. The maximum absolute atomic E-state index is 13.4. The molecule has 0 saturated heterocycles. The van der Waals surface area contributed by atoms with Gasteiger partial charge in [-0.15, -0.1) is 0 Å². The van der Waals surface area contributed by atoms with Crippen LogP contribution in [-0.2, 0) is 0 Å². The molecule has 0 aromatic heterocycles. The van der Waals surface area contributed by atoms with Crippen LogP contribution in [0.3, 0.4) is 0 Å². The molecule has 10 heteroatoms. The summed E-state index contributed by atoms with van der Waals surface area (Å²) in [7, 11) is 0. The molecule has 0 bridgehead atoms. The van der Waals surface area contributed by atoms with Crippen LogP contribution < -0.4 is 5.34 Å². The first-order valence-electron chi connectivity index (χ1n) is 4.01. The van der Waals surface area contributed by atoms with E-state index in [0.717, 1.165) is 6.92 Å². The average Bonchev–Trinajstić information content (AvgIpc) is 2.14. The molecule has 0 aliphatic carbocycles. The highest BCUT2D eigenvalue weighted by atomic mass is 19.4. The van der Waals surface area contributed by atoms with E-state index >= 15 is 0 Å². The highest BCUT2D eigenvalue weighted by Gasteiger charge is 2.35. The summed E-state index contributed by atoms with van der Waals surface area (Å²) >= 11 is 0. The summed E-state index contributed by atoms with van der Waals surface area (Å²) in [6.45, 7) is 0.974. The summed E-state index contributed by atoms with van der Waals surface area (Å²) in [5.41, 5.74) is -4.60. The summed E-state index contributed by atoms with van der Waals surface area (Å²) in [4.78, 5) is 18.2. The van der Waals surface area contributed by atoms with Crippen molar-refractivity contribution in [3.63, 3.8) is 0 Å². The minimum atomic E-state index is -1.94. The van der Waals surface area contributed by atoms with E-state index in [4.69, 9.17) is 0 Å². The van der Waals surface area contributed by atoms with Crippen molar-refractivity contribution in [2.45, 2.75) is 6.92 Å². The van der Waals surface area contributed by atoms with Crippen molar-refractivity contribution >= 4 is 17.1 Å². The number of hydrogen-bond acceptors (Lipinski definition) is 5. The van der Waals surface area contributed by atoms with E-state index in [2.05, 4.69) is 0 Å². The van der Waals surface area contributed by atoms with E-state index in [-0.39, 0.29) is 0 Å². The van der Waals surface area contributed by atoms with Crippen LogP contribution in [0.1, 0.15) is 5.56 Å². The summed E-state index contributed by atoms with van der Waals surface area (Å²) in [5, 5.41) is 19.2. The Morgan fingerprint density at radius 1 is 1.24 bits per heavy atom. The van der Waals surface area contributed by atoms with Crippen molar-refractivity contribution in [2.24, 2.45) is 0 Å². The molecule has 0 spiro atoms. The minimum absolute atomic E-state index is 0.482. The molecule has 0 fully saturated rings. The fourth-order valence-corrected chi connectivity index (χ4v) is 1.26. The van der Waals surface area contributed by atoms with E-state index < -0.39 is 43.6 Å². The third-order valence-corrected chi connectivity index (χ3v) is 1.93. The highest BCUT2D eigenvalue weighted by molar-refractivity contribution is 5.67. The second-order valence-electron chi connectivity index (χ2n) is 2.97. The molecule has 0 aliphatic rings. The van der Waals surface area contributed by atoms with E-state index in [1.807, 2.05) is 0 Å². The van der Waals surface area contributed by atoms with Gasteiger partial charge in [0.1, 0.15) is 0 Å². The van der Waals surface area contributed by atoms with Crippen LogP contribution in [0.5, 0.6) is 0 Å². The number of hydrogen-bond donors (Lipinski definition) is 0. The zero-order valence-corrected chi connectivity index (χ0v) is 8.19. The number of nitrogens with zero attached hydrogens (tertiary/aromatic N) is 3. The molecule has 0 amide bonds. The van der Waals surface area contributed by atoms with Gasteiger partial charge in [-0.25, -0.2) is 0 Å². The molecule has 0 radical (unpaired) electrons. The molecule has 1 aromatic carbocycles. The van der Waals surface area contributed by atoms with E-state index in [0.29, 0.717) is 6.07 Å². The van der Waals surface area contributed by atoms with Crippen LogP contribution in [0.25, 0.3) is 0 Å². The summed E-state index contributed by atoms with van der Waals surface area (Å²) in [6, 6.07) is 0.517. The molecular weight excluding hydrogens is 247 g/mol. The van der Waals surface area contributed by atoms with Crippen molar-refractivity contribution in [1.29, 1.82) is 0 Å². The molecule has 1 aromatic rings. The standard InChI is InChI=1S/C7H4F3N3O4/c1-3-2-4(12(14)15)7(13(16)17)5(8)6(3)11(9)10/h2H,1H3. The predicted molar refractivity (Wildman–Crippen MR) is 49.1 cm³/mol. The Labute approximate surface area is 91.2 Å². The molecule has 7 nitrogen and oxygen atoms in total. The Hall–Kier alpha value is -2.39. The average molecular weight is 251 g/mol. The van der Waals surface area contributed by atoms with E-state index in [1.165, 1.54) is 0 Å². The van der Waals surface area contributed by atoms with Gasteiger partial charge in [0.05, 0.1) is 9.85 Å². The molecule has 1 rings (SSSR count). The molecule has 0 saturated carbocycles. The first-order valence-corrected chi connectivity index (χ1v) is 4.01. The lowest BCUT2D eigenvalue weighted by Gasteiger charge is -2.07. The highest BCUT2D eigenvalue weighted by Crippen LogP contribution is 2.38. The normalized spacial score (nSPS) is 10.1. The molecule has 92 valence electrons. The van der Waals surface area contributed by atoms with Gasteiger partial charge >= 0.3 is 11.4 Å². The van der Waals surface area contributed by atoms with Crippen LogP contribution in [0.4, 0.5) is 30.4 Å². The van der Waals surface area contributed by atoms with Gasteiger partial charge in [-0.1, -0.05) is 8.96 Å². The monoisotopic (exact) mass is 251 g/mol. The fraction of sp³-hybridized carbons (Fsp3) is 0.143. The van der Waals surface area contributed by atoms with Gasteiger partial charge < -0.3 is 0 Å². The first kappa shape index (κ1) is 12.7. The molecule has 0 heterocycles. The summed E-state index contributed by atoms with van der Waals surface area (Å²) in [5.74, 6) is -1.94. The maximum Gasteiger partial charge on any atom is 0.383 e. The van der Waals surface area contributed by atoms with Crippen molar-refractivity contribution in [3.05, 3.63) is 37.7 Å². The zero-order valence-electron chi connectivity index (χ0n) is 8.19. The van der Waals surface area contributed by atoms with Crippen molar-refractivity contribution in [1.82, 2.24) is 0 Å². The topological polar surface area (TPSA) is 89.5 Å². The Bertz CT molecular complexity index is 506. The predicted octanol–water partition coefficient (Wildman–Crippen LogP) is 2.53. The van der Waals surface area contributed by atoms with Gasteiger partial charge in [-0.2, -0.15) is 4.39 Å². The van der Waals surface area contributed by atoms with Crippen LogP contribution in [0, 0.1) is 33.0 Å². The third kappa shape index (κ3) is 2.09. The number of nitro benzene ring substituents is 2. The molecular formula is C7H4F3N3O4. The smallest absolute Gasteiger partial charge is 0.258 e. The number of anilines is 1. The SMILES string of the molecule is Cc1cc([N+](=O)[O-])c([N+](=O)[O-])c(F)c1N(F)F. The lowest BCUT2D eigenvalue weighted by atomic mass is 10.1. The Balaban J connectivity index is 3.70. The van der Waals surface area contributed by atoms with Crippen LogP contribution in [0.15, 0.2) is 6.07 Å². The van der Waals surface area contributed by atoms with Crippen molar-refractivity contribution < 1.29 is 23.2 Å². The zero-order chi connectivity index (χ0) is 13.3. The minimum Gasteiger partial charge on any atom is -0.258 e. The molecule has 0 unspecified atom stereocenters. The maximum atomic E-state index is 13.4. The van der Waals surface area contributed by atoms with E-state index in [9.17, 15) is 33.6 Å². The van der Waals surface area contributed by atoms with E-state index in [1.54, 1.807) is 0 Å². The number of nitro groups is 2. The third-order valence-electron chi connectivity index (χ3n) is 1.93. The Kier molecular flexibility index (Phi) is 3.16. The lowest BCUT2D eigenvalue weighted by Crippen LogP contribution is -2.07. The quantitative estimate of drug-likeness (QED) is 0.467. The van der Waals surface area contributed by atoms with Crippen LogP contribution >= 0.6 is 0 Å². The molecule has 0 N–H and O–H groups in total. The van der Waals surface area contributed by atoms with Crippen molar-refractivity contribution in [3.8, 4) is 0 Å². The first-order chi connectivity index (χ1) is 7.77. The number of halogens is 3. The second-order valence-corrected chi connectivity index (χ2v) is 2.97. The lowest BCUT2D eigenvalue weighted by molar-refractivity contribution is -0.424. The van der Waals surface area contributed by atoms with Gasteiger partial charge in [-0.05, 0) is 17.8 Å². The number of aryl methyl sites for hydroxylation is 1. The van der Waals surface area contributed by atoms with Gasteiger partial charge in [0.15, 0.2) is 5.69 Å². The summed E-state index contributed by atoms with van der Waals surface area (Å²) in [6.07, 6.45) is 0. The van der Waals surface area contributed by atoms with Gasteiger partial charge in [0.25, 0.3) is 0 Å². The molecule has 17 heavy (non-hydrogen) atoms. The fourth-order valence-electron chi connectivity index (χ4n) is 1.26. The van der Waals surface area contributed by atoms with Crippen LogP contribution in [0.2, 0.25) is 0 Å². The van der Waals surface area contributed by atoms with Gasteiger partial charge in [-0.3, -0.25) is 20.2 Å². The van der Waals surface area contributed by atoms with Crippen LogP contribution in [-0.4, -0.2) is 9.85 Å². The largest absolute Gasteiger partial charge is 0.383 e. The molecule has 0 atom stereocenters. The number of rotatable bonds is 3. The van der Waals surface area contributed by atoms with Gasteiger partial charge in [0.2, 0.25) is 5.82 Å². The summed E-state index contributed by atoms with van der Waals surface area (Å²) < 4.78 is 37.9. The Morgan fingerprint density at radius 2 is 1.76 bits per heavy atom.